The molecule has 0 fully saturated rings. The van der Waals surface area contributed by atoms with E-state index in [0.717, 1.165) is 22.5 Å². The molecule has 1 aliphatic heterocycles. The van der Waals surface area contributed by atoms with Gasteiger partial charge in [-0.05, 0) is 19.8 Å². The highest BCUT2D eigenvalue weighted by atomic mass is 35.5. The Morgan fingerprint density at radius 3 is 1.78 bits per heavy atom. The summed E-state index contributed by atoms with van der Waals surface area (Å²) >= 11 is 0. The van der Waals surface area contributed by atoms with Gasteiger partial charge in [-0.3, -0.25) is 4.98 Å². The van der Waals surface area contributed by atoms with Gasteiger partial charge in [0.05, 0.1) is 32.9 Å². The van der Waals surface area contributed by atoms with Crippen molar-refractivity contribution in [3.8, 4) is 5.75 Å². The molecule has 0 amide bonds. The standard InChI is InChI=1S/C31H57N2O2.ClH/c1-7-8-9-10-11-12-13-14-15-16-17-18-19-20-21-22-23-33(5,6)25-28-24-32-27(2)30-29(28)26-34-31(3,4)35-30;/h24H,7-23,25-26H2,1-6H3;1H/q+1;/p-1. The molecule has 0 atom stereocenters. The van der Waals surface area contributed by atoms with Crippen LogP contribution in [0.25, 0.3) is 0 Å². The van der Waals surface area contributed by atoms with Crippen molar-refractivity contribution < 1.29 is 26.4 Å². The van der Waals surface area contributed by atoms with E-state index in [1.807, 2.05) is 27.0 Å². The summed E-state index contributed by atoms with van der Waals surface area (Å²) in [6.45, 7) is 11.1. The quantitative estimate of drug-likeness (QED) is 0.167. The maximum absolute atomic E-state index is 6.11. The fourth-order valence-corrected chi connectivity index (χ4v) is 5.25. The lowest BCUT2D eigenvalue weighted by molar-refractivity contribution is -0.903. The molecule has 1 aromatic rings. The lowest BCUT2D eigenvalue weighted by Crippen LogP contribution is -3.00. The molecule has 0 radical (unpaired) electrons. The second-order valence-corrected chi connectivity index (χ2v) is 12.1. The Bertz CT molecular complexity index is 721. The maximum atomic E-state index is 6.11. The van der Waals surface area contributed by atoms with Crippen molar-refractivity contribution in [3.05, 3.63) is 23.0 Å². The number of pyridine rings is 1. The third-order valence-electron chi connectivity index (χ3n) is 7.53. The van der Waals surface area contributed by atoms with Gasteiger partial charge >= 0.3 is 0 Å². The number of hydrogen-bond donors (Lipinski definition) is 0. The number of rotatable bonds is 19. The zero-order chi connectivity index (χ0) is 25.6. The van der Waals surface area contributed by atoms with E-state index in [1.165, 1.54) is 120 Å². The Labute approximate surface area is 229 Å². The van der Waals surface area contributed by atoms with Gasteiger partial charge in [-0.1, -0.05) is 96.8 Å². The van der Waals surface area contributed by atoms with Gasteiger partial charge in [-0.15, -0.1) is 0 Å². The highest BCUT2D eigenvalue weighted by Gasteiger charge is 2.32. The van der Waals surface area contributed by atoms with E-state index in [2.05, 4.69) is 26.0 Å². The van der Waals surface area contributed by atoms with Gasteiger partial charge < -0.3 is 26.4 Å². The molecule has 0 saturated heterocycles. The number of quaternary nitrogens is 1. The summed E-state index contributed by atoms with van der Waals surface area (Å²) in [5.41, 5.74) is 3.42. The van der Waals surface area contributed by atoms with E-state index < -0.39 is 5.79 Å². The first-order valence-corrected chi connectivity index (χ1v) is 14.9. The molecule has 4 nitrogen and oxygen atoms in total. The van der Waals surface area contributed by atoms with Crippen LogP contribution in [0.2, 0.25) is 0 Å². The molecule has 0 spiro atoms. The Hall–Kier alpha value is -0.840. The van der Waals surface area contributed by atoms with Crippen molar-refractivity contribution in [3.63, 3.8) is 0 Å². The second-order valence-electron chi connectivity index (χ2n) is 12.1. The minimum Gasteiger partial charge on any atom is -1.00 e. The second kappa shape index (κ2) is 17.6. The molecule has 0 bridgehead atoms. The molecule has 1 aromatic heterocycles. The fourth-order valence-electron chi connectivity index (χ4n) is 5.25. The average Bonchev–Trinajstić information content (AvgIpc) is 2.80. The van der Waals surface area contributed by atoms with Crippen LogP contribution in [0.3, 0.4) is 0 Å². The van der Waals surface area contributed by atoms with E-state index >= 15 is 0 Å². The summed E-state index contributed by atoms with van der Waals surface area (Å²) in [5, 5.41) is 0. The number of unbranched alkanes of at least 4 members (excludes halogenated alkanes) is 15. The van der Waals surface area contributed by atoms with Gasteiger partial charge in [-0.2, -0.15) is 0 Å². The Morgan fingerprint density at radius 1 is 0.806 bits per heavy atom. The third-order valence-corrected chi connectivity index (χ3v) is 7.53. The van der Waals surface area contributed by atoms with Crippen LogP contribution in [-0.2, 0) is 17.9 Å². The van der Waals surface area contributed by atoms with Crippen LogP contribution in [0.15, 0.2) is 6.20 Å². The summed E-state index contributed by atoms with van der Waals surface area (Å²) in [6.07, 6.45) is 24.7. The van der Waals surface area contributed by atoms with Crippen molar-refractivity contribution in [2.24, 2.45) is 0 Å². The van der Waals surface area contributed by atoms with Crippen LogP contribution in [0, 0.1) is 6.92 Å². The van der Waals surface area contributed by atoms with Crippen molar-refractivity contribution in [1.82, 2.24) is 4.98 Å². The zero-order valence-corrected chi connectivity index (χ0v) is 25.4. The van der Waals surface area contributed by atoms with Crippen LogP contribution < -0.4 is 17.1 Å². The van der Waals surface area contributed by atoms with Crippen molar-refractivity contribution in [1.29, 1.82) is 0 Å². The Balaban J connectivity index is 0.00000648. The van der Waals surface area contributed by atoms with Crippen LogP contribution in [0.1, 0.15) is 140 Å². The van der Waals surface area contributed by atoms with Gasteiger partial charge in [0.2, 0.25) is 5.79 Å². The van der Waals surface area contributed by atoms with Gasteiger partial charge in [0, 0.05) is 31.2 Å². The molecule has 0 aromatic carbocycles. The van der Waals surface area contributed by atoms with Crippen LogP contribution in [0.5, 0.6) is 5.75 Å². The first-order valence-electron chi connectivity index (χ1n) is 14.9. The molecule has 0 saturated carbocycles. The predicted octanol–water partition coefficient (Wildman–Crippen LogP) is 5.88. The molecule has 1 aliphatic rings. The third kappa shape index (κ3) is 13.1. The minimum atomic E-state index is -0.573. The molecule has 0 unspecified atom stereocenters. The Kier molecular flexibility index (Phi) is 16.3. The molecule has 210 valence electrons. The first-order chi connectivity index (χ1) is 16.7. The molecule has 0 N–H and O–H groups in total. The number of hydrogen-bond acceptors (Lipinski definition) is 3. The van der Waals surface area contributed by atoms with E-state index in [1.54, 1.807) is 0 Å². The zero-order valence-electron chi connectivity index (χ0n) is 24.6. The number of nitrogens with zero attached hydrogens (tertiary/aromatic N) is 2. The van der Waals surface area contributed by atoms with E-state index in [-0.39, 0.29) is 12.4 Å². The van der Waals surface area contributed by atoms with Gasteiger partial charge in [-0.25, -0.2) is 0 Å². The highest BCUT2D eigenvalue weighted by molar-refractivity contribution is 5.42. The summed E-state index contributed by atoms with van der Waals surface area (Å²) in [6, 6.07) is 0. The minimum absolute atomic E-state index is 0. The summed E-state index contributed by atoms with van der Waals surface area (Å²) in [5.74, 6) is 0.358. The highest BCUT2D eigenvalue weighted by Crippen LogP contribution is 2.35. The number of fused-ring (bicyclic) bond motifs is 1. The van der Waals surface area contributed by atoms with Crippen LogP contribution in [-0.4, -0.2) is 35.9 Å². The normalized spacial score (nSPS) is 14.7. The molecule has 36 heavy (non-hydrogen) atoms. The smallest absolute Gasteiger partial charge is 0.205 e. The van der Waals surface area contributed by atoms with Crippen molar-refractivity contribution in [2.75, 3.05) is 20.6 Å². The van der Waals surface area contributed by atoms with Crippen molar-refractivity contribution >= 4 is 0 Å². The molecular weight excluding hydrogens is 468 g/mol. The van der Waals surface area contributed by atoms with Crippen molar-refractivity contribution in [2.45, 2.75) is 149 Å². The predicted molar refractivity (Wildman–Crippen MR) is 149 cm³/mol. The monoisotopic (exact) mass is 524 g/mol. The summed E-state index contributed by atoms with van der Waals surface area (Å²) in [4.78, 5) is 4.63. The summed E-state index contributed by atoms with van der Waals surface area (Å²) < 4.78 is 13.0. The topological polar surface area (TPSA) is 31.4 Å². The number of aryl methyl sites for hydroxylation is 1. The maximum Gasteiger partial charge on any atom is 0.205 e. The molecule has 2 heterocycles. The molecule has 0 aliphatic carbocycles. The SMILES string of the molecule is CCCCCCCCCCCCCCCCCC[N+](C)(C)Cc1cnc(C)c2c1COC(C)(C)O2.[Cl-]. The fraction of sp³-hybridized carbons (Fsp3) is 0.839. The molecule has 2 rings (SSSR count). The Morgan fingerprint density at radius 2 is 1.28 bits per heavy atom. The number of ether oxygens (including phenoxy) is 2. The lowest BCUT2D eigenvalue weighted by Gasteiger charge is -2.36. The van der Waals surface area contributed by atoms with Crippen LogP contribution in [0.4, 0.5) is 0 Å². The van der Waals surface area contributed by atoms with E-state index in [0.29, 0.717) is 6.61 Å². The first kappa shape index (κ1) is 33.2. The number of halogens is 1. The van der Waals surface area contributed by atoms with Gasteiger partial charge in [0.15, 0.2) is 0 Å². The average molecular weight is 525 g/mol. The van der Waals surface area contributed by atoms with Gasteiger partial charge in [0.1, 0.15) is 12.3 Å². The van der Waals surface area contributed by atoms with Gasteiger partial charge in [0.25, 0.3) is 0 Å². The molecular formula is C31H57ClN2O2. The summed E-state index contributed by atoms with van der Waals surface area (Å²) in [7, 11) is 4.68. The largest absolute Gasteiger partial charge is 1.00 e. The lowest BCUT2D eigenvalue weighted by atomic mass is 10.0. The van der Waals surface area contributed by atoms with Crippen LogP contribution >= 0.6 is 0 Å². The number of aromatic nitrogens is 1. The van der Waals surface area contributed by atoms with E-state index in [4.69, 9.17) is 9.47 Å². The molecule has 5 heteroatoms. The van der Waals surface area contributed by atoms with E-state index in [9.17, 15) is 0 Å².